The molecule has 0 aromatic rings. The Bertz CT molecular complexity index is 458. The van der Waals surface area contributed by atoms with Crippen molar-refractivity contribution in [1.82, 2.24) is 20.4 Å². The highest BCUT2D eigenvalue weighted by Gasteiger charge is 2.29. The number of rotatable bonds is 8. The van der Waals surface area contributed by atoms with Gasteiger partial charge in [-0.25, -0.2) is 4.99 Å². The molecule has 8 heteroatoms. The first-order chi connectivity index (χ1) is 12.5. The third kappa shape index (κ3) is 7.47. The summed E-state index contributed by atoms with van der Waals surface area (Å²) in [6.45, 7) is 9.29. The molecule has 0 saturated carbocycles. The monoisotopic (exact) mass is 369 g/mol. The van der Waals surface area contributed by atoms with Gasteiger partial charge in [-0.15, -0.1) is 0 Å². The molecule has 0 aromatic heterocycles. The van der Waals surface area contributed by atoms with Crippen molar-refractivity contribution in [3.8, 4) is 0 Å². The van der Waals surface area contributed by atoms with Gasteiger partial charge in [0.2, 0.25) is 5.91 Å². The number of guanidine groups is 1. The maximum absolute atomic E-state index is 11.8. The second kappa shape index (κ2) is 10.7. The third-order valence-corrected chi connectivity index (χ3v) is 4.85. The highest BCUT2D eigenvalue weighted by atomic mass is 16.5. The number of hydrogen-bond acceptors (Lipinski definition) is 5. The molecule has 150 valence electrons. The van der Waals surface area contributed by atoms with Crippen LogP contribution in [0.25, 0.3) is 0 Å². The number of hydrogen-bond donors (Lipinski definition) is 2. The minimum Gasteiger partial charge on any atom is -0.379 e. The van der Waals surface area contributed by atoms with Crippen LogP contribution in [0.2, 0.25) is 0 Å². The fraction of sp³-hybridized carbons (Fsp3) is 0.889. The van der Waals surface area contributed by atoms with E-state index < -0.39 is 0 Å². The van der Waals surface area contributed by atoms with Crippen LogP contribution in [0.4, 0.5) is 0 Å². The van der Waals surface area contributed by atoms with Crippen molar-refractivity contribution in [2.45, 2.75) is 31.8 Å². The lowest BCUT2D eigenvalue weighted by molar-refractivity contribution is -0.127. The number of aliphatic imine (C=N–C) groups is 1. The normalized spacial score (nSPS) is 24.5. The molecule has 1 atom stereocenters. The molecular formula is C18H35N5O3. The fourth-order valence-corrected chi connectivity index (χ4v) is 3.04. The van der Waals surface area contributed by atoms with Crippen LogP contribution >= 0.6 is 0 Å². The van der Waals surface area contributed by atoms with E-state index in [4.69, 9.17) is 9.47 Å². The number of carbonyl (C=O) groups excluding carboxylic acids is 1. The van der Waals surface area contributed by atoms with Crippen LogP contribution < -0.4 is 10.6 Å². The Labute approximate surface area is 157 Å². The zero-order valence-corrected chi connectivity index (χ0v) is 16.6. The molecule has 0 aliphatic carbocycles. The highest BCUT2D eigenvalue weighted by Crippen LogP contribution is 2.23. The van der Waals surface area contributed by atoms with E-state index >= 15 is 0 Å². The molecule has 2 aliphatic rings. The maximum Gasteiger partial charge on any atom is 0.243 e. The van der Waals surface area contributed by atoms with Crippen molar-refractivity contribution in [1.29, 1.82) is 0 Å². The molecule has 0 spiro atoms. The SMILES string of the molecule is CN(C)C(=O)CN=C(NCCCN1CCOCC1)NCC1(C)CCCO1. The lowest BCUT2D eigenvalue weighted by Crippen LogP contribution is -2.46. The van der Waals surface area contributed by atoms with Gasteiger partial charge < -0.3 is 25.0 Å². The number of nitrogens with zero attached hydrogens (tertiary/aromatic N) is 3. The molecule has 1 unspecified atom stereocenters. The second-order valence-electron chi connectivity index (χ2n) is 7.44. The van der Waals surface area contributed by atoms with E-state index in [1.807, 2.05) is 0 Å². The first-order valence-corrected chi connectivity index (χ1v) is 9.65. The van der Waals surface area contributed by atoms with E-state index in [0.29, 0.717) is 12.5 Å². The lowest BCUT2D eigenvalue weighted by atomic mass is 10.0. The summed E-state index contributed by atoms with van der Waals surface area (Å²) in [6, 6.07) is 0. The molecule has 2 aliphatic heterocycles. The van der Waals surface area contributed by atoms with Crippen LogP contribution in [-0.4, -0.2) is 100 Å². The van der Waals surface area contributed by atoms with E-state index in [1.165, 1.54) is 0 Å². The van der Waals surface area contributed by atoms with E-state index in [-0.39, 0.29) is 18.1 Å². The molecule has 8 nitrogen and oxygen atoms in total. The molecule has 2 heterocycles. The topological polar surface area (TPSA) is 78.4 Å². The second-order valence-corrected chi connectivity index (χ2v) is 7.44. The Morgan fingerprint density at radius 3 is 2.65 bits per heavy atom. The molecule has 1 amide bonds. The van der Waals surface area contributed by atoms with Crippen LogP contribution in [-0.2, 0) is 14.3 Å². The van der Waals surface area contributed by atoms with Crippen LogP contribution in [0.1, 0.15) is 26.2 Å². The molecule has 26 heavy (non-hydrogen) atoms. The van der Waals surface area contributed by atoms with Gasteiger partial charge in [0.15, 0.2) is 5.96 Å². The quantitative estimate of drug-likeness (QED) is 0.353. The summed E-state index contributed by atoms with van der Waals surface area (Å²) in [7, 11) is 3.49. The standard InChI is InChI=1S/C18H35N5O3/c1-18(6-4-11-26-18)15-21-17(20-14-16(24)22(2)3)19-7-5-8-23-9-12-25-13-10-23/h4-15H2,1-3H3,(H2,19,20,21). The van der Waals surface area contributed by atoms with Gasteiger partial charge in [0.25, 0.3) is 0 Å². The van der Waals surface area contributed by atoms with Gasteiger partial charge in [-0.1, -0.05) is 0 Å². The molecular weight excluding hydrogens is 334 g/mol. The molecule has 0 radical (unpaired) electrons. The summed E-state index contributed by atoms with van der Waals surface area (Å²) in [4.78, 5) is 20.2. The van der Waals surface area contributed by atoms with Crippen molar-refractivity contribution in [3.05, 3.63) is 0 Å². The Morgan fingerprint density at radius 1 is 1.23 bits per heavy atom. The molecule has 2 fully saturated rings. The smallest absolute Gasteiger partial charge is 0.243 e. The molecule has 2 N–H and O–H groups in total. The average Bonchev–Trinajstić information content (AvgIpc) is 3.07. The van der Waals surface area contributed by atoms with Crippen molar-refractivity contribution < 1.29 is 14.3 Å². The van der Waals surface area contributed by atoms with Crippen LogP contribution in [0.5, 0.6) is 0 Å². The molecule has 0 aromatic carbocycles. The Hall–Kier alpha value is -1.38. The van der Waals surface area contributed by atoms with E-state index in [1.54, 1.807) is 19.0 Å². The largest absolute Gasteiger partial charge is 0.379 e. The number of ether oxygens (including phenoxy) is 2. The zero-order chi connectivity index (χ0) is 18.8. The van der Waals surface area contributed by atoms with Crippen LogP contribution in [0.3, 0.4) is 0 Å². The van der Waals surface area contributed by atoms with E-state index in [0.717, 1.165) is 65.3 Å². The van der Waals surface area contributed by atoms with Crippen molar-refractivity contribution in [2.75, 3.05) is 73.2 Å². The third-order valence-electron chi connectivity index (χ3n) is 4.85. The van der Waals surface area contributed by atoms with E-state index in [9.17, 15) is 4.79 Å². The summed E-state index contributed by atoms with van der Waals surface area (Å²) >= 11 is 0. The van der Waals surface area contributed by atoms with Crippen LogP contribution in [0, 0.1) is 0 Å². The Morgan fingerprint density at radius 2 is 2.00 bits per heavy atom. The Balaban J connectivity index is 1.77. The van der Waals surface area contributed by atoms with Crippen molar-refractivity contribution >= 4 is 11.9 Å². The minimum absolute atomic E-state index is 0.0113. The minimum atomic E-state index is -0.151. The van der Waals surface area contributed by atoms with Crippen LogP contribution in [0.15, 0.2) is 4.99 Å². The lowest BCUT2D eigenvalue weighted by Gasteiger charge is -2.27. The van der Waals surface area contributed by atoms with Gasteiger partial charge in [0, 0.05) is 46.9 Å². The summed E-state index contributed by atoms with van der Waals surface area (Å²) in [5.74, 6) is 0.668. The van der Waals surface area contributed by atoms with Crippen molar-refractivity contribution in [2.24, 2.45) is 4.99 Å². The van der Waals surface area contributed by atoms with Gasteiger partial charge in [-0.2, -0.15) is 0 Å². The van der Waals surface area contributed by atoms with Gasteiger partial charge >= 0.3 is 0 Å². The predicted molar refractivity (Wildman–Crippen MR) is 102 cm³/mol. The van der Waals surface area contributed by atoms with Gasteiger partial charge in [0.1, 0.15) is 6.54 Å². The van der Waals surface area contributed by atoms with Gasteiger partial charge in [-0.05, 0) is 32.7 Å². The summed E-state index contributed by atoms with van der Waals surface area (Å²) < 4.78 is 11.2. The summed E-state index contributed by atoms with van der Waals surface area (Å²) in [5, 5.41) is 6.69. The number of likely N-dealkylation sites (N-methyl/N-ethyl adjacent to an activating group) is 1. The summed E-state index contributed by atoms with van der Waals surface area (Å²) in [6.07, 6.45) is 3.16. The fourth-order valence-electron chi connectivity index (χ4n) is 3.04. The zero-order valence-electron chi connectivity index (χ0n) is 16.6. The predicted octanol–water partition coefficient (Wildman–Crippen LogP) is -0.0988. The van der Waals surface area contributed by atoms with E-state index in [2.05, 4.69) is 27.4 Å². The summed E-state index contributed by atoms with van der Waals surface area (Å²) in [5.41, 5.74) is -0.151. The molecule has 0 bridgehead atoms. The molecule has 2 rings (SSSR count). The molecule has 2 saturated heterocycles. The highest BCUT2D eigenvalue weighted by molar-refractivity contribution is 5.84. The number of morpholine rings is 1. The Kier molecular flexibility index (Phi) is 8.61. The first-order valence-electron chi connectivity index (χ1n) is 9.65. The number of nitrogens with one attached hydrogen (secondary N) is 2. The van der Waals surface area contributed by atoms with Crippen molar-refractivity contribution in [3.63, 3.8) is 0 Å². The maximum atomic E-state index is 11.8. The first kappa shape index (κ1) is 20.9. The average molecular weight is 370 g/mol. The van der Waals surface area contributed by atoms with Gasteiger partial charge in [0.05, 0.1) is 18.8 Å². The number of carbonyl (C=O) groups is 1. The number of amides is 1. The van der Waals surface area contributed by atoms with Gasteiger partial charge in [-0.3, -0.25) is 9.69 Å².